The number of aromatic carboxylic acids is 1. The van der Waals surface area contributed by atoms with Crippen molar-refractivity contribution < 1.29 is 19.4 Å². The molecule has 2 aliphatic rings. The molecule has 3 atom stereocenters. The third-order valence-corrected chi connectivity index (χ3v) is 5.33. The first-order chi connectivity index (χ1) is 12.6. The van der Waals surface area contributed by atoms with Gasteiger partial charge in [-0.1, -0.05) is 42.5 Å². The van der Waals surface area contributed by atoms with Crippen LogP contribution in [-0.4, -0.2) is 24.2 Å². The minimum absolute atomic E-state index is 0.141. The van der Waals surface area contributed by atoms with Gasteiger partial charge < -0.3 is 15.2 Å². The Kier molecular flexibility index (Phi) is 3.99. The highest BCUT2D eigenvalue weighted by Gasteiger charge is 2.40. The summed E-state index contributed by atoms with van der Waals surface area (Å²) in [5, 5.41) is 13.1. The lowest BCUT2D eigenvalue weighted by Gasteiger charge is -2.38. The maximum Gasteiger partial charge on any atom is 0.339 e. The fourth-order valence-electron chi connectivity index (χ4n) is 4.17. The van der Waals surface area contributed by atoms with Crippen molar-refractivity contribution in [2.75, 3.05) is 12.4 Å². The number of nitrogens with one attached hydrogen (secondary N) is 1. The summed E-state index contributed by atoms with van der Waals surface area (Å²) >= 11 is 0. The molecule has 0 unspecified atom stereocenters. The van der Waals surface area contributed by atoms with Crippen LogP contribution in [0.3, 0.4) is 0 Å². The van der Waals surface area contributed by atoms with Crippen LogP contribution < -0.4 is 5.32 Å². The molecule has 2 aromatic carbocycles. The number of carbonyl (C=O) groups excluding carboxylic acids is 1. The van der Waals surface area contributed by atoms with Crippen LogP contribution in [0.1, 0.15) is 50.2 Å². The molecule has 0 saturated carbocycles. The van der Waals surface area contributed by atoms with Gasteiger partial charge in [-0.15, -0.1) is 0 Å². The van der Waals surface area contributed by atoms with Crippen molar-refractivity contribution in [3.63, 3.8) is 0 Å². The summed E-state index contributed by atoms with van der Waals surface area (Å²) in [4.78, 5) is 23.9. The Labute approximate surface area is 151 Å². The zero-order chi connectivity index (χ0) is 18.3. The van der Waals surface area contributed by atoms with Gasteiger partial charge in [0.25, 0.3) is 0 Å². The Morgan fingerprint density at radius 2 is 1.81 bits per heavy atom. The van der Waals surface area contributed by atoms with Gasteiger partial charge in [0.05, 0.1) is 30.0 Å². The molecule has 2 aromatic rings. The summed E-state index contributed by atoms with van der Waals surface area (Å²) < 4.78 is 4.93. The average Bonchev–Trinajstić information content (AvgIpc) is 3.16. The number of methoxy groups -OCH3 is 1. The Hall–Kier alpha value is -3.08. The van der Waals surface area contributed by atoms with Gasteiger partial charge >= 0.3 is 11.9 Å². The van der Waals surface area contributed by atoms with Crippen molar-refractivity contribution in [3.8, 4) is 0 Å². The summed E-state index contributed by atoms with van der Waals surface area (Å²) in [6.45, 7) is 0. The molecule has 0 saturated heterocycles. The van der Waals surface area contributed by atoms with E-state index in [0.717, 1.165) is 23.2 Å². The second-order valence-electron chi connectivity index (χ2n) is 6.63. The molecule has 0 fully saturated rings. The molecule has 0 aromatic heterocycles. The maximum absolute atomic E-state index is 12.2. The lowest BCUT2D eigenvalue weighted by molar-refractivity contribution is 0.0600. The van der Waals surface area contributed by atoms with Gasteiger partial charge in [0.1, 0.15) is 0 Å². The van der Waals surface area contributed by atoms with Gasteiger partial charge in [-0.2, -0.15) is 0 Å². The van der Waals surface area contributed by atoms with E-state index in [4.69, 9.17) is 4.74 Å². The first kappa shape index (κ1) is 16.4. The Morgan fingerprint density at radius 3 is 2.58 bits per heavy atom. The summed E-state index contributed by atoms with van der Waals surface area (Å²) in [6, 6.07) is 12.5. The molecule has 0 bridgehead atoms. The molecule has 1 heterocycles. The third kappa shape index (κ3) is 2.47. The predicted octanol–water partition coefficient (Wildman–Crippen LogP) is 4.00. The zero-order valence-electron chi connectivity index (χ0n) is 14.3. The molecular weight excluding hydrogens is 330 g/mol. The van der Waals surface area contributed by atoms with E-state index in [1.54, 1.807) is 18.2 Å². The zero-order valence-corrected chi connectivity index (χ0v) is 14.3. The van der Waals surface area contributed by atoms with Gasteiger partial charge in [0, 0.05) is 5.92 Å². The van der Waals surface area contributed by atoms with Crippen molar-refractivity contribution in [3.05, 3.63) is 76.9 Å². The van der Waals surface area contributed by atoms with Crippen LogP contribution in [0.2, 0.25) is 0 Å². The highest BCUT2D eigenvalue weighted by Crippen LogP contribution is 2.51. The number of carbonyl (C=O) groups is 2. The molecule has 1 aliphatic carbocycles. The van der Waals surface area contributed by atoms with Crippen LogP contribution in [0.25, 0.3) is 0 Å². The number of hydrogen-bond donors (Lipinski definition) is 2. The number of ether oxygens (including phenoxy) is 1. The van der Waals surface area contributed by atoms with E-state index < -0.39 is 11.9 Å². The van der Waals surface area contributed by atoms with Crippen LogP contribution in [0, 0.1) is 5.92 Å². The SMILES string of the molecule is COC(=O)c1cccc2c1N[C@H](c1ccccc1C(=O)O)[C@@H]1CC=C[C@@H]21. The largest absolute Gasteiger partial charge is 0.478 e. The third-order valence-electron chi connectivity index (χ3n) is 5.33. The lowest BCUT2D eigenvalue weighted by Crippen LogP contribution is -2.31. The second kappa shape index (κ2) is 6.33. The number of fused-ring (bicyclic) bond motifs is 3. The molecule has 0 amide bonds. The van der Waals surface area contributed by atoms with E-state index in [2.05, 4.69) is 17.5 Å². The number of allylic oxidation sites excluding steroid dienone is 2. The topological polar surface area (TPSA) is 75.6 Å². The van der Waals surface area contributed by atoms with Crippen LogP contribution in [0.15, 0.2) is 54.6 Å². The van der Waals surface area contributed by atoms with E-state index in [1.807, 2.05) is 24.3 Å². The molecule has 1 aliphatic heterocycles. The molecule has 4 rings (SSSR count). The van der Waals surface area contributed by atoms with Gasteiger partial charge in [-0.3, -0.25) is 0 Å². The van der Waals surface area contributed by atoms with Crippen LogP contribution in [-0.2, 0) is 4.74 Å². The standard InChI is InChI=1S/C21H19NO4/c1-26-21(25)17-11-5-10-14-12-8-4-9-13(12)18(22-19(14)17)15-6-2-3-7-16(15)20(23)24/h2-8,10-13,18,22H,9H2,1H3,(H,23,24)/t12-,13-,18+/m1/s1. The second-order valence-corrected chi connectivity index (χ2v) is 6.63. The highest BCUT2D eigenvalue weighted by atomic mass is 16.5. The number of para-hydroxylation sites is 1. The summed E-state index contributed by atoms with van der Waals surface area (Å²) in [5.41, 5.74) is 3.29. The molecule has 132 valence electrons. The maximum atomic E-state index is 12.2. The number of hydrogen-bond acceptors (Lipinski definition) is 4. The van der Waals surface area contributed by atoms with E-state index in [0.29, 0.717) is 5.56 Å². The number of anilines is 1. The fraction of sp³-hybridized carbons (Fsp3) is 0.238. The lowest BCUT2D eigenvalue weighted by atomic mass is 9.75. The Balaban J connectivity index is 1.87. The first-order valence-electron chi connectivity index (χ1n) is 8.58. The normalized spacial score (nSPS) is 22.9. The van der Waals surface area contributed by atoms with Gasteiger partial charge in [0.15, 0.2) is 0 Å². The predicted molar refractivity (Wildman–Crippen MR) is 97.5 cm³/mol. The van der Waals surface area contributed by atoms with Crippen molar-refractivity contribution >= 4 is 17.6 Å². The van der Waals surface area contributed by atoms with Crippen molar-refractivity contribution in [2.45, 2.75) is 18.4 Å². The monoisotopic (exact) mass is 349 g/mol. The molecular formula is C21H19NO4. The number of esters is 1. The van der Waals surface area contributed by atoms with E-state index in [9.17, 15) is 14.7 Å². The van der Waals surface area contributed by atoms with Crippen molar-refractivity contribution in [2.24, 2.45) is 5.92 Å². The fourth-order valence-corrected chi connectivity index (χ4v) is 4.17. The van der Waals surface area contributed by atoms with Crippen LogP contribution in [0.4, 0.5) is 5.69 Å². The highest BCUT2D eigenvalue weighted by molar-refractivity contribution is 5.97. The Morgan fingerprint density at radius 1 is 1.08 bits per heavy atom. The summed E-state index contributed by atoms with van der Waals surface area (Å²) in [5.74, 6) is -1.00. The van der Waals surface area contributed by atoms with E-state index in [1.165, 1.54) is 7.11 Å². The number of rotatable bonds is 3. The quantitative estimate of drug-likeness (QED) is 0.647. The smallest absolute Gasteiger partial charge is 0.339 e. The van der Waals surface area contributed by atoms with Crippen molar-refractivity contribution in [1.29, 1.82) is 0 Å². The number of carboxylic acid groups (broad SMARTS) is 1. The Bertz CT molecular complexity index is 918. The van der Waals surface area contributed by atoms with Gasteiger partial charge in [-0.25, -0.2) is 9.59 Å². The molecule has 0 radical (unpaired) electrons. The van der Waals surface area contributed by atoms with Crippen LogP contribution >= 0.6 is 0 Å². The molecule has 0 spiro atoms. The number of benzene rings is 2. The van der Waals surface area contributed by atoms with Crippen LogP contribution in [0.5, 0.6) is 0 Å². The van der Waals surface area contributed by atoms with Gasteiger partial charge in [-0.05, 0) is 35.6 Å². The van der Waals surface area contributed by atoms with Crippen molar-refractivity contribution in [1.82, 2.24) is 0 Å². The molecule has 5 heteroatoms. The first-order valence-corrected chi connectivity index (χ1v) is 8.58. The number of carboxylic acids is 1. The molecule has 26 heavy (non-hydrogen) atoms. The minimum atomic E-state index is -0.947. The van der Waals surface area contributed by atoms with Gasteiger partial charge in [0.2, 0.25) is 0 Å². The summed E-state index contributed by atoms with van der Waals surface area (Å²) in [6.07, 6.45) is 5.15. The average molecular weight is 349 g/mol. The molecule has 5 nitrogen and oxygen atoms in total. The molecule has 2 N–H and O–H groups in total. The van der Waals surface area contributed by atoms with E-state index >= 15 is 0 Å². The van der Waals surface area contributed by atoms with E-state index in [-0.39, 0.29) is 23.4 Å². The summed E-state index contributed by atoms with van der Waals surface area (Å²) in [7, 11) is 1.36. The minimum Gasteiger partial charge on any atom is -0.478 e.